The fourth-order valence-electron chi connectivity index (χ4n) is 9.70. The van der Waals surface area contributed by atoms with Crippen LogP contribution in [-0.4, -0.2) is 100 Å². The van der Waals surface area contributed by atoms with Crippen LogP contribution < -0.4 is 0 Å². The van der Waals surface area contributed by atoms with Crippen molar-refractivity contribution in [3.8, 4) is 0 Å². The number of nitrogens with zero attached hydrogens (tertiary/aromatic N) is 2. The fraction of sp³-hybridized carbons (Fsp3) is 0.829. The second-order valence-electron chi connectivity index (χ2n) is 16.8. The minimum atomic E-state index is -1.75. The highest BCUT2D eigenvalue weighted by Crippen LogP contribution is 2.73. The number of likely N-dealkylation sites (tertiary alicyclic amines) is 1. The molecule has 2 N–H and O–H groups in total. The second-order valence-corrected chi connectivity index (χ2v) is 16.8. The van der Waals surface area contributed by atoms with E-state index in [9.17, 15) is 19.8 Å². The maximum absolute atomic E-state index is 13.9. The zero-order valence-corrected chi connectivity index (χ0v) is 28.8. The Balaban J connectivity index is 1.28. The minimum Gasteiger partial charge on any atom is -0.444 e. The van der Waals surface area contributed by atoms with Crippen molar-refractivity contribution in [1.29, 1.82) is 0 Å². The first-order chi connectivity index (χ1) is 20.7. The van der Waals surface area contributed by atoms with Crippen molar-refractivity contribution in [2.75, 3.05) is 26.7 Å². The first-order valence-corrected chi connectivity index (χ1v) is 16.8. The molecule has 9 atom stereocenters. The van der Waals surface area contributed by atoms with Gasteiger partial charge in [0.05, 0.1) is 18.1 Å². The summed E-state index contributed by atoms with van der Waals surface area (Å²) in [5.41, 5.74) is -1.83. The predicted molar refractivity (Wildman–Crippen MR) is 167 cm³/mol. The third-order valence-electron chi connectivity index (χ3n) is 12.1. The highest BCUT2D eigenvalue weighted by molar-refractivity contribution is 5.70. The summed E-state index contributed by atoms with van der Waals surface area (Å²) in [6.07, 6.45) is 2.47. The molecule has 0 aromatic heterocycles. The maximum Gasteiger partial charge on any atom is 0.410 e. The van der Waals surface area contributed by atoms with Gasteiger partial charge >= 0.3 is 12.2 Å². The van der Waals surface area contributed by atoms with Crippen LogP contribution in [0, 0.1) is 34.5 Å². The molecule has 45 heavy (non-hydrogen) atoms. The van der Waals surface area contributed by atoms with Crippen LogP contribution >= 0.6 is 0 Å². The molecule has 6 aliphatic rings. The molecule has 2 amide bonds. The lowest BCUT2D eigenvalue weighted by molar-refractivity contribution is -0.312. The Kier molecular flexibility index (Phi) is 7.60. The predicted octanol–water partition coefficient (Wildman–Crippen LogP) is 4.88. The summed E-state index contributed by atoms with van der Waals surface area (Å²) in [5, 5.41) is 25.7. The van der Waals surface area contributed by atoms with Gasteiger partial charge in [0.2, 0.25) is 0 Å². The van der Waals surface area contributed by atoms with Crippen molar-refractivity contribution in [2.24, 2.45) is 34.5 Å². The van der Waals surface area contributed by atoms with Crippen LogP contribution in [0.3, 0.4) is 0 Å². The van der Waals surface area contributed by atoms with Gasteiger partial charge in [-0.25, -0.2) is 9.59 Å². The Labute approximate surface area is 268 Å². The molecule has 252 valence electrons. The fourth-order valence-corrected chi connectivity index (χ4v) is 9.70. The van der Waals surface area contributed by atoms with Gasteiger partial charge in [-0.15, -0.1) is 0 Å². The lowest BCUT2D eigenvalue weighted by Gasteiger charge is -2.55. The van der Waals surface area contributed by atoms with Crippen LogP contribution in [0.5, 0.6) is 0 Å². The topological polar surface area (TPSA) is 118 Å². The number of aliphatic hydroxyl groups is 2. The Morgan fingerprint density at radius 1 is 1.13 bits per heavy atom. The van der Waals surface area contributed by atoms with Crippen LogP contribution in [-0.2, 0) is 18.9 Å². The van der Waals surface area contributed by atoms with Crippen LogP contribution in [0.15, 0.2) is 23.3 Å². The van der Waals surface area contributed by atoms with E-state index in [0.29, 0.717) is 37.4 Å². The average molecular weight is 631 g/mol. The highest BCUT2D eigenvalue weighted by atomic mass is 16.7. The third-order valence-corrected chi connectivity index (χ3v) is 12.1. The number of aliphatic hydroxyl groups excluding tert-OH is 1. The van der Waals surface area contributed by atoms with E-state index < -0.39 is 46.8 Å². The van der Waals surface area contributed by atoms with Gasteiger partial charge in [0, 0.05) is 32.1 Å². The Bertz CT molecular complexity index is 1290. The SMILES string of the molecule is CC1=C[C@]23C(O)[C@@H](C=C4COC(C)(C)O[C@H]4[C@]2(O)[C@H]1OC(=O)N(C)C1CCN(C(=O)OC(C)(C)C)CC1)[C@H]1[C@@H](C[C@H]3C)C1(C)C. The van der Waals surface area contributed by atoms with Crippen LogP contribution in [0.25, 0.3) is 0 Å². The lowest BCUT2D eigenvalue weighted by atomic mass is 9.58. The summed E-state index contributed by atoms with van der Waals surface area (Å²) in [5.74, 6) is -0.585. The number of piperidine rings is 1. The molecule has 2 aliphatic heterocycles. The Morgan fingerprint density at radius 2 is 1.78 bits per heavy atom. The molecular formula is C35H54N2O8. The summed E-state index contributed by atoms with van der Waals surface area (Å²) in [7, 11) is 1.71. The molecule has 6 rings (SSSR count). The van der Waals surface area contributed by atoms with Gasteiger partial charge in [-0.05, 0) is 95.1 Å². The molecule has 0 radical (unpaired) electrons. The molecule has 10 heteroatoms. The number of ether oxygens (including phenoxy) is 4. The Hall–Kier alpha value is -2.14. The Morgan fingerprint density at radius 3 is 2.40 bits per heavy atom. The van der Waals surface area contributed by atoms with Crippen molar-refractivity contribution >= 4 is 12.2 Å². The second kappa shape index (κ2) is 10.4. The molecule has 0 aromatic carbocycles. The van der Waals surface area contributed by atoms with E-state index in [0.717, 1.165) is 12.0 Å². The number of rotatable bonds is 2. The molecule has 1 unspecified atom stereocenters. The van der Waals surface area contributed by atoms with E-state index in [1.807, 2.05) is 47.6 Å². The monoisotopic (exact) mass is 630 g/mol. The van der Waals surface area contributed by atoms with Crippen molar-refractivity contribution < 1.29 is 38.7 Å². The quantitative estimate of drug-likeness (QED) is 0.415. The molecule has 1 spiro atoms. The van der Waals surface area contributed by atoms with Crippen LogP contribution in [0.1, 0.15) is 81.6 Å². The van der Waals surface area contributed by atoms with Gasteiger partial charge in [-0.3, -0.25) is 0 Å². The number of carbonyl (C=O) groups excluding carboxylic acids is 2. The number of carbonyl (C=O) groups is 2. The van der Waals surface area contributed by atoms with Gasteiger partial charge < -0.3 is 39.0 Å². The first kappa shape index (κ1) is 32.8. The van der Waals surface area contributed by atoms with E-state index in [1.54, 1.807) is 16.8 Å². The molecule has 2 bridgehead atoms. The molecule has 2 saturated carbocycles. The number of fused-ring (bicyclic) bond motifs is 5. The van der Waals surface area contributed by atoms with E-state index in [-0.39, 0.29) is 41.9 Å². The normalized spacial score (nSPS) is 41.7. The number of hydrogen-bond acceptors (Lipinski definition) is 8. The van der Waals surface area contributed by atoms with Gasteiger partial charge in [-0.2, -0.15) is 0 Å². The average Bonchev–Trinajstić information content (AvgIpc) is 3.44. The summed E-state index contributed by atoms with van der Waals surface area (Å²) < 4.78 is 24.5. The summed E-state index contributed by atoms with van der Waals surface area (Å²) >= 11 is 0. The summed E-state index contributed by atoms with van der Waals surface area (Å²) in [4.78, 5) is 29.8. The molecular weight excluding hydrogens is 576 g/mol. The van der Waals surface area contributed by atoms with Crippen LogP contribution in [0.2, 0.25) is 0 Å². The van der Waals surface area contributed by atoms with Crippen molar-refractivity contribution in [2.45, 2.75) is 123 Å². The van der Waals surface area contributed by atoms with Gasteiger partial charge in [0.25, 0.3) is 0 Å². The van der Waals surface area contributed by atoms with Gasteiger partial charge in [0.15, 0.2) is 11.9 Å². The highest BCUT2D eigenvalue weighted by Gasteiger charge is 2.77. The van der Waals surface area contributed by atoms with Crippen molar-refractivity contribution in [3.63, 3.8) is 0 Å². The largest absolute Gasteiger partial charge is 0.444 e. The van der Waals surface area contributed by atoms with E-state index in [1.165, 1.54) is 0 Å². The van der Waals surface area contributed by atoms with Crippen molar-refractivity contribution in [3.05, 3.63) is 23.3 Å². The molecule has 10 nitrogen and oxygen atoms in total. The maximum atomic E-state index is 13.9. The zero-order valence-electron chi connectivity index (χ0n) is 28.8. The number of amides is 2. The minimum absolute atomic E-state index is 0.0805. The van der Waals surface area contributed by atoms with Gasteiger partial charge in [-0.1, -0.05) is 32.9 Å². The summed E-state index contributed by atoms with van der Waals surface area (Å²) in [6, 6.07) is -0.144. The summed E-state index contributed by atoms with van der Waals surface area (Å²) in [6.45, 7) is 19.0. The molecule has 0 aromatic rings. The number of hydrogen-bond donors (Lipinski definition) is 2. The third kappa shape index (κ3) is 4.95. The van der Waals surface area contributed by atoms with Crippen molar-refractivity contribution in [1.82, 2.24) is 9.80 Å². The van der Waals surface area contributed by atoms with E-state index >= 15 is 0 Å². The standard InChI is InChI=1S/C35H54N2O8/c1-19-17-34-20(2)15-24-25(32(24,6)7)23(26(34)38)16-21-18-42-33(8,9)44-28(21)35(34,41)27(19)43-29(39)36(10)22-11-13-37(14-12-22)30(40)45-31(3,4)5/h16-17,20,22-28,38,41H,11-15,18H2,1-10H3/t20-,23+,24-,25+,26?,27+,28-,34+,35-/m1/s1. The first-order valence-electron chi connectivity index (χ1n) is 16.8. The van der Waals surface area contributed by atoms with E-state index in [2.05, 4.69) is 26.8 Å². The molecule has 2 saturated heterocycles. The van der Waals surface area contributed by atoms with Crippen LogP contribution in [0.4, 0.5) is 9.59 Å². The zero-order chi connectivity index (χ0) is 33.1. The smallest absolute Gasteiger partial charge is 0.410 e. The van der Waals surface area contributed by atoms with Gasteiger partial charge in [0.1, 0.15) is 17.3 Å². The molecule has 2 heterocycles. The molecule has 4 aliphatic carbocycles. The molecule has 4 fully saturated rings. The van der Waals surface area contributed by atoms with E-state index in [4.69, 9.17) is 18.9 Å². The lowest BCUT2D eigenvalue weighted by Crippen LogP contribution is -2.69.